The Hall–Kier alpha value is -4.14. The Morgan fingerprint density at radius 1 is 0.821 bits per heavy atom. The van der Waals surface area contributed by atoms with E-state index in [0.717, 1.165) is 26.2 Å². The third-order valence-corrected chi connectivity index (χ3v) is 7.11. The minimum absolute atomic E-state index is 0.0989. The molecule has 0 radical (unpaired) electrons. The van der Waals surface area contributed by atoms with Crippen LogP contribution in [-0.4, -0.2) is 23.5 Å². The first-order valence-electron chi connectivity index (χ1n) is 12.1. The Bertz CT molecular complexity index is 1510. The van der Waals surface area contributed by atoms with Crippen molar-refractivity contribution in [2.45, 2.75) is 11.8 Å². The van der Waals surface area contributed by atoms with E-state index >= 15 is 0 Å². The summed E-state index contributed by atoms with van der Waals surface area (Å²) in [5.41, 5.74) is 3.61. The highest BCUT2D eigenvalue weighted by molar-refractivity contribution is 9.10. The maximum atomic E-state index is 13.3. The van der Waals surface area contributed by atoms with Crippen LogP contribution in [0, 0.1) is 6.92 Å². The van der Waals surface area contributed by atoms with Gasteiger partial charge in [-0.15, -0.1) is 11.8 Å². The number of carbonyl (C=O) groups is 3. The number of anilines is 2. The van der Waals surface area contributed by atoms with Crippen LogP contribution in [0.2, 0.25) is 0 Å². The van der Waals surface area contributed by atoms with Crippen molar-refractivity contribution >= 4 is 62.9 Å². The monoisotopic (exact) mass is 599 g/mol. The van der Waals surface area contributed by atoms with E-state index in [4.69, 9.17) is 0 Å². The molecule has 0 atom stereocenters. The van der Waals surface area contributed by atoms with E-state index in [-0.39, 0.29) is 17.4 Å². The van der Waals surface area contributed by atoms with Gasteiger partial charge in [-0.05, 0) is 72.7 Å². The van der Waals surface area contributed by atoms with Gasteiger partial charge in [0.1, 0.15) is 5.70 Å². The Kier molecular flexibility index (Phi) is 9.72. The standard InChI is InChI=1S/C31H26BrN3O3S/c1-21-8-5-6-13-27(21)34-29(36)20-39-26-12-7-11-25(19-26)33-31(38)28(18-22-14-16-24(32)17-15-22)35-30(37)23-9-3-2-4-10-23/h2-19H,20H2,1H3,(H,33,38)(H,34,36)(H,35,37)/b28-18-. The summed E-state index contributed by atoms with van der Waals surface area (Å²) in [6, 6.07) is 30.9. The van der Waals surface area contributed by atoms with E-state index in [2.05, 4.69) is 31.9 Å². The molecular formula is C31H26BrN3O3S. The zero-order valence-corrected chi connectivity index (χ0v) is 23.5. The van der Waals surface area contributed by atoms with Gasteiger partial charge < -0.3 is 16.0 Å². The summed E-state index contributed by atoms with van der Waals surface area (Å²) in [4.78, 5) is 39.4. The van der Waals surface area contributed by atoms with Crippen molar-refractivity contribution in [3.63, 3.8) is 0 Å². The molecule has 0 unspecified atom stereocenters. The molecule has 196 valence electrons. The zero-order valence-electron chi connectivity index (χ0n) is 21.1. The van der Waals surface area contributed by atoms with E-state index in [1.165, 1.54) is 11.8 Å². The van der Waals surface area contributed by atoms with Crippen molar-refractivity contribution in [3.8, 4) is 0 Å². The summed E-state index contributed by atoms with van der Waals surface area (Å²) in [6.07, 6.45) is 1.62. The summed E-state index contributed by atoms with van der Waals surface area (Å²) >= 11 is 4.77. The highest BCUT2D eigenvalue weighted by atomic mass is 79.9. The maximum Gasteiger partial charge on any atom is 0.272 e. The molecule has 0 heterocycles. The number of amides is 3. The lowest BCUT2D eigenvalue weighted by Gasteiger charge is -2.12. The van der Waals surface area contributed by atoms with Crippen LogP contribution < -0.4 is 16.0 Å². The minimum atomic E-state index is -0.471. The smallest absolute Gasteiger partial charge is 0.272 e. The van der Waals surface area contributed by atoms with Crippen LogP contribution >= 0.6 is 27.7 Å². The van der Waals surface area contributed by atoms with Crippen LogP contribution in [0.1, 0.15) is 21.5 Å². The number of para-hydroxylation sites is 1. The van der Waals surface area contributed by atoms with Crippen molar-refractivity contribution in [1.29, 1.82) is 0 Å². The van der Waals surface area contributed by atoms with Crippen LogP contribution in [0.15, 0.2) is 118 Å². The van der Waals surface area contributed by atoms with Crippen LogP contribution in [0.5, 0.6) is 0 Å². The number of hydrogen-bond acceptors (Lipinski definition) is 4. The van der Waals surface area contributed by atoms with E-state index in [1.54, 1.807) is 48.5 Å². The summed E-state index contributed by atoms with van der Waals surface area (Å²) in [5, 5.41) is 8.52. The summed E-state index contributed by atoms with van der Waals surface area (Å²) in [6.45, 7) is 1.94. The lowest BCUT2D eigenvalue weighted by Crippen LogP contribution is -2.30. The first-order valence-corrected chi connectivity index (χ1v) is 13.9. The molecule has 0 aliphatic heterocycles. The number of carbonyl (C=O) groups excluding carboxylic acids is 3. The van der Waals surface area contributed by atoms with Crippen molar-refractivity contribution in [3.05, 3.63) is 130 Å². The molecule has 3 amide bonds. The van der Waals surface area contributed by atoms with E-state index in [0.29, 0.717) is 11.3 Å². The minimum Gasteiger partial charge on any atom is -0.325 e. The number of thioether (sulfide) groups is 1. The molecule has 4 aromatic carbocycles. The average molecular weight is 601 g/mol. The van der Waals surface area contributed by atoms with Gasteiger partial charge in [0.15, 0.2) is 0 Å². The highest BCUT2D eigenvalue weighted by Crippen LogP contribution is 2.23. The molecule has 0 fully saturated rings. The molecule has 0 bridgehead atoms. The summed E-state index contributed by atoms with van der Waals surface area (Å²) in [5.74, 6) is -0.764. The molecule has 0 aromatic heterocycles. The Balaban J connectivity index is 1.45. The van der Waals surface area contributed by atoms with E-state index in [9.17, 15) is 14.4 Å². The van der Waals surface area contributed by atoms with Crippen molar-refractivity contribution in [2.75, 3.05) is 16.4 Å². The molecule has 39 heavy (non-hydrogen) atoms. The number of halogens is 1. The average Bonchev–Trinajstić information content (AvgIpc) is 2.94. The fourth-order valence-corrected chi connectivity index (χ4v) is 4.60. The van der Waals surface area contributed by atoms with Gasteiger partial charge in [0.25, 0.3) is 11.8 Å². The second-order valence-corrected chi connectivity index (χ2v) is 10.5. The van der Waals surface area contributed by atoms with Crippen LogP contribution in [-0.2, 0) is 9.59 Å². The van der Waals surface area contributed by atoms with Gasteiger partial charge in [-0.1, -0.05) is 70.5 Å². The highest BCUT2D eigenvalue weighted by Gasteiger charge is 2.15. The second-order valence-electron chi connectivity index (χ2n) is 8.56. The Morgan fingerprint density at radius 2 is 1.54 bits per heavy atom. The first kappa shape index (κ1) is 27.9. The molecule has 6 nitrogen and oxygen atoms in total. The lowest BCUT2D eigenvalue weighted by molar-refractivity contribution is -0.114. The molecule has 4 aromatic rings. The molecule has 3 N–H and O–H groups in total. The van der Waals surface area contributed by atoms with Gasteiger partial charge in [-0.25, -0.2) is 0 Å². The number of nitrogens with one attached hydrogen (secondary N) is 3. The molecule has 0 saturated heterocycles. The van der Waals surface area contributed by atoms with Crippen LogP contribution in [0.25, 0.3) is 6.08 Å². The van der Waals surface area contributed by atoms with Crippen molar-refractivity contribution < 1.29 is 14.4 Å². The first-order chi connectivity index (χ1) is 18.9. The lowest BCUT2D eigenvalue weighted by atomic mass is 10.1. The molecule has 0 spiro atoms. The van der Waals surface area contributed by atoms with Gasteiger partial charge in [-0.2, -0.15) is 0 Å². The number of benzene rings is 4. The second kappa shape index (κ2) is 13.6. The fourth-order valence-electron chi connectivity index (χ4n) is 3.58. The zero-order chi connectivity index (χ0) is 27.6. The topological polar surface area (TPSA) is 87.3 Å². The Morgan fingerprint density at radius 3 is 2.28 bits per heavy atom. The predicted molar refractivity (Wildman–Crippen MR) is 162 cm³/mol. The summed E-state index contributed by atoms with van der Waals surface area (Å²) in [7, 11) is 0. The van der Waals surface area contributed by atoms with Crippen LogP contribution in [0.4, 0.5) is 11.4 Å². The molecule has 0 aliphatic rings. The number of rotatable bonds is 9. The third kappa shape index (κ3) is 8.43. The van der Waals surface area contributed by atoms with Gasteiger partial charge in [0.2, 0.25) is 5.91 Å². The predicted octanol–water partition coefficient (Wildman–Crippen LogP) is 6.90. The van der Waals surface area contributed by atoms with Gasteiger partial charge in [0, 0.05) is 26.3 Å². The van der Waals surface area contributed by atoms with Gasteiger partial charge in [0.05, 0.1) is 5.75 Å². The van der Waals surface area contributed by atoms with Crippen LogP contribution in [0.3, 0.4) is 0 Å². The van der Waals surface area contributed by atoms with E-state index < -0.39 is 11.8 Å². The Labute approximate surface area is 240 Å². The molecular weight excluding hydrogens is 574 g/mol. The van der Waals surface area contributed by atoms with Crippen molar-refractivity contribution in [2.24, 2.45) is 0 Å². The number of hydrogen-bond donors (Lipinski definition) is 3. The third-order valence-electron chi connectivity index (χ3n) is 5.59. The van der Waals surface area contributed by atoms with E-state index in [1.807, 2.05) is 67.6 Å². The normalized spacial score (nSPS) is 11.0. The van der Waals surface area contributed by atoms with Crippen molar-refractivity contribution in [1.82, 2.24) is 5.32 Å². The SMILES string of the molecule is Cc1ccccc1NC(=O)CSc1cccc(NC(=O)/C(=C/c2ccc(Br)cc2)NC(=O)c2ccccc2)c1. The largest absolute Gasteiger partial charge is 0.325 e. The number of aryl methyl sites for hydroxylation is 1. The molecule has 8 heteroatoms. The molecule has 0 aliphatic carbocycles. The molecule has 0 saturated carbocycles. The fraction of sp³-hybridized carbons (Fsp3) is 0.0645. The van der Waals surface area contributed by atoms with Gasteiger partial charge in [-0.3, -0.25) is 14.4 Å². The van der Waals surface area contributed by atoms with Gasteiger partial charge >= 0.3 is 0 Å². The maximum absolute atomic E-state index is 13.3. The summed E-state index contributed by atoms with van der Waals surface area (Å²) < 4.78 is 0.904. The molecule has 4 rings (SSSR count). The quantitative estimate of drug-likeness (QED) is 0.144.